The largest absolute Gasteiger partial charge is 0.497 e. The summed E-state index contributed by atoms with van der Waals surface area (Å²) >= 11 is 1.47. The van der Waals surface area contributed by atoms with Gasteiger partial charge in [-0.3, -0.25) is 9.35 Å². The maximum Gasteiger partial charge on any atom is 0.269 e. The number of methoxy groups -OCH3 is 1. The average molecular weight is 489 g/mol. The molecule has 3 aromatic rings. The van der Waals surface area contributed by atoms with Gasteiger partial charge in [-0.1, -0.05) is 57.2 Å². The third-order valence-corrected chi connectivity index (χ3v) is 6.64. The minimum Gasteiger partial charge on any atom is -0.497 e. The van der Waals surface area contributed by atoms with E-state index in [9.17, 15) is 13.2 Å². The monoisotopic (exact) mass is 488 g/mol. The van der Waals surface area contributed by atoms with Crippen LogP contribution in [0.2, 0.25) is 0 Å². The Morgan fingerprint density at radius 2 is 1.82 bits per heavy atom. The van der Waals surface area contributed by atoms with E-state index in [2.05, 4.69) is 5.32 Å². The molecule has 33 heavy (non-hydrogen) atoms. The Morgan fingerprint density at radius 3 is 2.42 bits per heavy atom. The molecule has 0 spiro atoms. The van der Waals surface area contributed by atoms with Crippen LogP contribution in [-0.4, -0.2) is 31.0 Å². The van der Waals surface area contributed by atoms with Crippen molar-refractivity contribution in [1.29, 1.82) is 0 Å². The SMILES string of the molecule is COc1cccc(-c2csc([C@H](Cc3ccc(CS(=O)(=O)O)cc3)NC(=O)C(C)(C)C)n2)c1. The Balaban J connectivity index is 1.87. The van der Waals surface area contributed by atoms with Gasteiger partial charge in [0.1, 0.15) is 16.5 Å². The summed E-state index contributed by atoms with van der Waals surface area (Å²) in [5.41, 5.74) is 2.56. The molecule has 0 radical (unpaired) electrons. The van der Waals surface area contributed by atoms with E-state index >= 15 is 0 Å². The van der Waals surface area contributed by atoms with Gasteiger partial charge in [-0.2, -0.15) is 8.42 Å². The highest BCUT2D eigenvalue weighted by molar-refractivity contribution is 7.85. The molecule has 9 heteroatoms. The van der Waals surface area contributed by atoms with Crippen LogP contribution in [-0.2, 0) is 27.1 Å². The number of hydrogen-bond donors (Lipinski definition) is 2. The van der Waals surface area contributed by atoms with Gasteiger partial charge in [-0.05, 0) is 29.7 Å². The molecule has 0 fully saturated rings. The molecule has 7 nitrogen and oxygen atoms in total. The van der Waals surface area contributed by atoms with Crippen molar-refractivity contribution in [2.24, 2.45) is 5.41 Å². The van der Waals surface area contributed by atoms with Gasteiger partial charge in [0.2, 0.25) is 5.91 Å². The van der Waals surface area contributed by atoms with Crippen LogP contribution in [0, 0.1) is 5.41 Å². The number of nitrogens with zero attached hydrogens (tertiary/aromatic N) is 1. The van der Waals surface area contributed by atoms with Crippen molar-refractivity contribution >= 4 is 27.4 Å². The lowest BCUT2D eigenvalue weighted by Gasteiger charge is -2.23. The van der Waals surface area contributed by atoms with Gasteiger partial charge >= 0.3 is 0 Å². The second-order valence-electron chi connectivity index (χ2n) is 8.83. The summed E-state index contributed by atoms with van der Waals surface area (Å²) in [6.07, 6.45) is 0.485. The molecule has 1 amide bonds. The van der Waals surface area contributed by atoms with E-state index in [-0.39, 0.29) is 11.9 Å². The molecular formula is C24H28N2O5S2. The van der Waals surface area contributed by atoms with E-state index in [1.165, 1.54) is 11.3 Å². The molecule has 0 aliphatic heterocycles. The number of amides is 1. The normalized spacial score (nSPS) is 12.9. The lowest BCUT2D eigenvalue weighted by atomic mass is 9.94. The topological polar surface area (TPSA) is 106 Å². The Labute approximate surface area is 198 Å². The molecule has 1 aromatic heterocycles. The van der Waals surface area contributed by atoms with Crippen LogP contribution in [0.15, 0.2) is 53.9 Å². The molecule has 1 heterocycles. The molecule has 3 rings (SSSR count). The first kappa shape index (κ1) is 24.9. The molecule has 0 unspecified atom stereocenters. The highest BCUT2D eigenvalue weighted by atomic mass is 32.2. The quantitative estimate of drug-likeness (QED) is 0.447. The van der Waals surface area contributed by atoms with Gasteiger partial charge in [-0.15, -0.1) is 11.3 Å². The second kappa shape index (κ2) is 10.0. The zero-order chi connectivity index (χ0) is 24.2. The maximum atomic E-state index is 12.8. The Bertz CT molecular complexity index is 1210. The van der Waals surface area contributed by atoms with Gasteiger partial charge in [0.15, 0.2) is 0 Å². The number of nitrogens with one attached hydrogen (secondary N) is 1. The van der Waals surface area contributed by atoms with Crippen molar-refractivity contribution < 1.29 is 22.5 Å². The lowest BCUT2D eigenvalue weighted by Crippen LogP contribution is -2.38. The number of ether oxygens (including phenoxy) is 1. The fourth-order valence-electron chi connectivity index (χ4n) is 3.16. The minimum atomic E-state index is -4.09. The van der Waals surface area contributed by atoms with E-state index in [1.807, 2.05) is 50.4 Å². The summed E-state index contributed by atoms with van der Waals surface area (Å²) in [5.74, 6) is 0.214. The van der Waals surface area contributed by atoms with Crippen LogP contribution in [0.5, 0.6) is 5.75 Å². The van der Waals surface area contributed by atoms with E-state index < -0.39 is 21.3 Å². The van der Waals surface area contributed by atoms with Crippen molar-refractivity contribution in [1.82, 2.24) is 10.3 Å². The van der Waals surface area contributed by atoms with Gasteiger partial charge in [0, 0.05) is 16.4 Å². The van der Waals surface area contributed by atoms with Crippen LogP contribution < -0.4 is 10.1 Å². The lowest BCUT2D eigenvalue weighted by molar-refractivity contribution is -0.129. The summed E-state index contributed by atoms with van der Waals surface area (Å²) in [5, 5.41) is 5.84. The van der Waals surface area contributed by atoms with Crippen LogP contribution in [0.4, 0.5) is 0 Å². The number of thiazole rings is 1. The highest BCUT2D eigenvalue weighted by Gasteiger charge is 2.26. The zero-order valence-corrected chi connectivity index (χ0v) is 20.7. The number of rotatable bonds is 8. The van der Waals surface area contributed by atoms with E-state index in [4.69, 9.17) is 14.3 Å². The molecule has 0 saturated carbocycles. The summed E-state index contributed by atoms with van der Waals surface area (Å²) in [6.45, 7) is 5.56. The molecule has 0 aliphatic carbocycles. The molecule has 2 N–H and O–H groups in total. The van der Waals surface area contributed by atoms with E-state index in [0.29, 0.717) is 12.0 Å². The fraction of sp³-hybridized carbons (Fsp3) is 0.333. The third kappa shape index (κ3) is 7.12. The number of benzene rings is 2. The van der Waals surface area contributed by atoms with Gasteiger partial charge < -0.3 is 10.1 Å². The smallest absolute Gasteiger partial charge is 0.269 e. The molecular weight excluding hydrogens is 460 g/mol. The summed E-state index contributed by atoms with van der Waals surface area (Å²) in [7, 11) is -2.48. The van der Waals surface area contributed by atoms with Gasteiger partial charge in [0.05, 0.1) is 18.8 Å². The summed E-state index contributed by atoms with van der Waals surface area (Å²) in [4.78, 5) is 17.6. The van der Waals surface area contributed by atoms with E-state index in [0.717, 1.165) is 27.6 Å². The van der Waals surface area contributed by atoms with Crippen molar-refractivity contribution in [2.75, 3.05) is 7.11 Å². The summed E-state index contributed by atoms with van der Waals surface area (Å²) < 4.78 is 36.6. The molecule has 1 atom stereocenters. The van der Waals surface area contributed by atoms with Gasteiger partial charge in [0.25, 0.3) is 10.1 Å². The van der Waals surface area contributed by atoms with Crippen molar-refractivity contribution in [2.45, 2.75) is 39.0 Å². The maximum absolute atomic E-state index is 12.8. The third-order valence-electron chi connectivity index (χ3n) is 4.98. The highest BCUT2D eigenvalue weighted by Crippen LogP contribution is 2.30. The number of aromatic nitrogens is 1. The Morgan fingerprint density at radius 1 is 1.15 bits per heavy atom. The standard InChI is InChI=1S/C24H28N2O5S2/c1-24(2,3)23(27)26-20(12-16-8-10-17(11-9-16)15-33(28,29)30)22-25-21(14-32-22)18-6-5-7-19(13-18)31-4/h5-11,13-14,20H,12,15H2,1-4H3,(H,26,27)(H,28,29,30)/t20-/m0/s1. The first-order valence-electron chi connectivity index (χ1n) is 10.4. The minimum absolute atomic E-state index is 0.0892. The van der Waals surface area contributed by atoms with Crippen LogP contribution >= 0.6 is 11.3 Å². The predicted molar refractivity (Wildman–Crippen MR) is 130 cm³/mol. The van der Waals surface area contributed by atoms with E-state index in [1.54, 1.807) is 31.4 Å². The van der Waals surface area contributed by atoms with Crippen molar-refractivity contribution in [3.8, 4) is 17.0 Å². The first-order valence-corrected chi connectivity index (χ1v) is 12.9. The van der Waals surface area contributed by atoms with Crippen molar-refractivity contribution in [3.63, 3.8) is 0 Å². The second-order valence-corrected chi connectivity index (χ2v) is 11.2. The first-order chi connectivity index (χ1) is 15.4. The molecule has 2 aromatic carbocycles. The predicted octanol–water partition coefficient (Wildman–Crippen LogP) is 4.65. The number of carbonyl (C=O) groups is 1. The number of hydrogen-bond acceptors (Lipinski definition) is 6. The fourth-order valence-corrected chi connectivity index (χ4v) is 4.65. The summed E-state index contributed by atoms with van der Waals surface area (Å²) in [6, 6.07) is 14.2. The van der Waals surface area contributed by atoms with Crippen LogP contribution in [0.1, 0.15) is 42.9 Å². The molecule has 176 valence electrons. The zero-order valence-electron chi connectivity index (χ0n) is 19.0. The molecule has 0 saturated heterocycles. The van der Waals surface area contributed by atoms with Gasteiger partial charge in [-0.25, -0.2) is 4.98 Å². The Hall–Kier alpha value is -2.75. The van der Waals surface area contributed by atoms with Crippen LogP contribution in [0.25, 0.3) is 11.3 Å². The van der Waals surface area contributed by atoms with Crippen molar-refractivity contribution in [3.05, 3.63) is 70.0 Å². The van der Waals surface area contributed by atoms with Crippen LogP contribution in [0.3, 0.4) is 0 Å². The molecule has 0 aliphatic rings. The average Bonchev–Trinajstić information content (AvgIpc) is 3.23. The molecule has 0 bridgehead atoms. The Kier molecular flexibility index (Phi) is 7.56. The number of carbonyl (C=O) groups excluding carboxylic acids is 1.